The molecular weight excluding hydrogens is 442 g/mol. The van der Waals surface area contributed by atoms with E-state index in [0.29, 0.717) is 6.54 Å². The highest BCUT2D eigenvalue weighted by atomic mass is 32.1. The summed E-state index contributed by atoms with van der Waals surface area (Å²) in [5.74, 6) is 7.24. The molecule has 176 valence electrons. The summed E-state index contributed by atoms with van der Waals surface area (Å²) in [4.78, 5) is 18.0. The van der Waals surface area contributed by atoms with Gasteiger partial charge in [-0.25, -0.2) is 4.98 Å². The number of likely N-dealkylation sites (N-methyl/N-ethyl adjacent to an activating group) is 1. The Balaban J connectivity index is 1.63. The van der Waals surface area contributed by atoms with Crippen LogP contribution in [0, 0.1) is 11.8 Å². The van der Waals surface area contributed by atoms with Gasteiger partial charge in [-0.05, 0) is 68.6 Å². The van der Waals surface area contributed by atoms with Crippen molar-refractivity contribution in [3.63, 3.8) is 0 Å². The Kier molecular flexibility index (Phi) is 7.66. The van der Waals surface area contributed by atoms with Gasteiger partial charge in [0, 0.05) is 18.2 Å². The summed E-state index contributed by atoms with van der Waals surface area (Å²) >= 11 is 1.68. The zero-order valence-electron chi connectivity index (χ0n) is 20.2. The molecule has 2 aromatic carbocycles. The van der Waals surface area contributed by atoms with E-state index in [9.17, 15) is 4.79 Å². The average molecular weight is 474 g/mol. The summed E-state index contributed by atoms with van der Waals surface area (Å²) in [5.41, 5.74) is 5.66. The van der Waals surface area contributed by atoms with Crippen molar-refractivity contribution < 1.29 is 9.53 Å². The molecule has 3 aromatic rings. The smallest absolute Gasteiger partial charge is 0.234 e. The van der Waals surface area contributed by atoms with Gasteiger partial charge in [0.25, 0.3) is 0 Å². The highest BCUT2D eigenvalue weighted by Gasteiger charge is 2.26. The molecule has 5 nitrogen and oxygen atoms in total. The van der Waals surface area contributed by atoms with Crippen LogP contribution in [0.4, 0.5) is 0 Å². The topological polar surface area (TPSA) is 63.2 Å². The van der Waals surface area contributed by atoms with Crippen LogP contribution < -0.4 is 15.4 Å². The molecule has 2 N–H and O–H groups in total. The molecule has 1 aromatic heterocycles. The van der Waals surface area contributed by atoms with Crippen LogP contribution in [0.25, 0.3) is 21.0 Å². The molecule has 0 radical (unpaired) electrons. The molecule has 4 rings (SSSR count). The minimum Gasteiger partial charge on any atom is -0.490 e. The van der Waals surface area contributed by atoms with Crippen LogP contribution in [0.2, 0.25) is 0 Å². The van der Waals surface area contributed by atoms with Crippen molar-refractivity contribution in [3.8, 4) is 38.6 Å². The number of nitrogens with zero attached hydrogens (tertiary/aromatic N) is 1. The molecule has 1 unspecified atom stereocenters. The van der Waals surface area contributed by atoms with E-state index >= 15 is 0 Å². The Bertz CT molecular complexity index is 1240. The van der Waals surface area contributed by atoms with Gasteiger partial charge in [-0.1, -0.05) is 37.0 Å². The van der Waals surface area contributed by atoms with Crippen molar-refractivity contribution in [2.45, 2.75) is 52.2 Å². The number of carbonyl (C=O) groups excluding carboxylic acids is 1. The molecule has 1 amide bonds. The maximum absolute atomic E-state index is 12.1. The Morgan fingerprint density at radius 1 is 1.29 bits per heavy atom. The van der Waals surface area contributed by atoms with E-state index in [2.05, 4.69) is 52.8 Å². The van der Waals surface area contributed by atoms with Gasteiger partial charge in [0.15, 0.2) is 0 Å². The zero-order chi connectivity index (χ0) is 24.1. The fraction of sp³-hybridized carbons (Fsp3) is 0.357. The Morgan fingerprint density at radius 2 is 2.15 bits per heavy atom. The molecule has 1 heterocycles. The largest absolute Gasteiger partial charge is 0.490 e. The van der Waals surface area contributed by atoms with Gasteiger partial charge < -0.3 is 15.4 Å². The first-order valence-corrected chi connectivity index (χ1v) is 12.6. The quantitative estimate of drug-likeness (QED) is 0.454. The molecule has 6 heteroatoms. The molecule has 1 aliphatic rings. The van der Waals surface area contributed by atoms with Gasteiger partial charge in [-0.15, -0.1) is 11.3 Å². The van der Waals surface area contributed by atoms with E-state index in [4.69, 9.17) is 9.72 Å². The molecule has 0 fully saturated rings. The number of ether oxygens (including phenoxy) is 1. The van der Waals surface area contributed by atoms with E-state index in [1.165, 1.54) is 16.7 Å². The molecule has 1 aliphatic carbocycles. The lowest BCUT2D eigenvalue weighted by atomic mass is 10.0. The van der Waals surface area contributed by atoms with Crippen LogP contribution in [0.5, 0.6) is 5.75 Å². The number of thiazole rings is 1. The Labute approximate surface area is 206 Å². The highest BCUT2D eigenvalue weighted by Crippen LogP contribution is 2.41. The Hall–Kier alpha value is -3.14. The number of nitrogens with one attached hydrogen (secondary N) is 2. The van der Waals surface area contributed by atoms with E-state index in [0.717, 1.165) is 46.0 Å². The standard InChI is InChI=1S/C28H31N3O2S/c1-5-6-8-19-15-20(11-14-25(19)33-18(2)3)28-30-16-26(34-28)23-10-7-9-22-21(23)12-13-24(22)31-27(32)17-29-4/h7,9-11,14-16,18,24,29H,5,12-13,17H2,1-4H3,(H,31,32). The number of hydrogen-bond donors (Lipinski definition) is 2. The van der Waals surface area contributed by atoms with Gasteiger partial charge in [0.2, 0.25) is 5.91 Å². The van der Waals surface area contributed by atoms with Gasteiger partial charge >= 0.3 is 0 Å². The average Bonchev–Trinajstić information content (AvgIpc) is 3.46. The van der Waals surface area contributed by atoms with Gasteiger partial charge in [-0.2, -0.15) is 0 Å². The fourth-order valence-electron chi connectivity index (χ4n) is 4.27. The second-order valence-electron chi connectivity index (χ2n) is 8.62. The van der Waals surface area contributed by atoms with Crippen LogP contribution in [-0.4, -0.2) is 30.6 Å². The number of aromatic nitrogens is 1. The van der Waals surface area contributed by atoms with Crippen molar-refractivity contribution in [2.75, 3.05) is 13.6 Å². The normalized spacial score (nSPS) is 14.4. The zero-order valence-corrected chi connectivity index (χ0v) is 21.0. The lowest BCUT2D eigenvalue weighted by Gasteiger charge is -2.14. The van der Waals surface area contributed by atoms with Gasteiger partial charge in [-0.3, -0.25) is 4.79 Å². The Morgan fingerprint density at radius 3 is 2.91 bits per heavy atom. The van der Waals surface area contributed by atoms with Crippen molar-refractivity contribution >= 4 is 17.2 Å². The predicted molar refractivity (Wildman–Crippen MR) is 139 cm³/mol. The van der Waals surface area contributed by atoms with Crippen molar-refractivity contribution in [1.29, 1.82) is 0 Å². The van der Waals surface area contributed by atoms with E-state index in [1.54, 1.807) is 18.4 Å². The van der Waals surface area contributed by atoms with Crippen molar-refractivity contribution in [1.82, 2.24) is 15.6 Å². The van der Waals surface area contributed by atoms with Crippen LogP contribution in [-0.2, 0) is 11.2 Å². The van der Waals surface area contributed by atoms with Crippen LogP contribution in [0.1, 0.15) is 56.3 Å². The molecule has 0 saturated heterocycles. The van der Waals surface area contributed by atoms with E-state index in [1.807, 2.05) is 33.0 Å². The molecule has 0 bridgehead atoms. The van der Waals surface area contributed by atoms with Crippen molar-refractivity contribution in [2.24, 2.45) is 0 Å². The number of rotatable bonds is 7. The molecule has 0 aliphatic heterocycles. The lowest BCUT2D eigenvalue weighted by Crippen LogP contribution is -2.34. The summed E-state index contributed by atoms with van der Waals surface area (Å²) in [6.07, 6.45) is 4.71. The third kappa shape index (κ3) is 5.32. The third-order valence-corrected chi connectivity index (χ3v) is 6.78. The van der Waals surface area contributed by atoms with Gasteiger partial charge in [0.05, 0.1) is 29.1 Å². The molecule has 34 heavy (non-hydrogen) atoms. The minimum absolute atomic E-state index is 0.0256. The number of amides is 1. The maximum atomic E-state index is 12.1. The number of hydrogen-bond acceptors (Lipinski definition) is 5. The second-order valence-corrected chi connectivity index (χ2v) is 9.66. The first-order chi connectivity index (χ1) is 16.5. The van der Waals surface area contributed by atoms with E-state index in [-0.39, 0.29) is 18.1 Å². The third-order valence-electron chi connectivity index (χ3n) is 5.70. The number of benzene rings is 2. The summed E-state index contributed by atoms with van der Waals surface area (Å²) in [6, 6.07) is 12.6. The monoisotopic (exact) mass is 473 g/mol. The summed E-state index contributed by atoms with van der Waals surface area (Å²) in [6.45, 7) is 6.41. The summed E-state index contributed by atoms with van der Waals surface area (Å²) < 4.78 is 5.96. The van der Waals surface area contributed by atoms with Gasteiger partial charge in [0.1, 0.15) is 10.8 Å². The first-order valence-electron chi connectivity index (χ1n) is 11.8. The minimum atomic E-state index is 0.0256. The summed E-state index contributed by atoms with van der Waals surface area (Å²) in [7, 11) is 1.78. The molecule has 0 saturated carbocycles. The predicted octanol–water partition coefficient (Wildman–Crippen LogP) is 5.35. The van der Waals surface area contributed by atoms with Crippen LogP contribution in [0.15, 0.2) is 42.6 Å². The number of carbonyl (C=O) groups is 1. The maximum Gasteiger partial charge on any atom is 0.234 e. The summed E-state index contributed by atoms with van der Waals surface area (Å²) in [5, 5.41) is 7.02. The van der Waals surface area contributed by atoms with Crippen LogP contribution in [0.3, 0.4) is 0 Å². The molecule has 1 atom stereocenters. The first kappa shape index (κ1) is 24.0. The number of fused-ring (bicyclic) bond motifs is 1. The lowest BCUT2D eigenvalue weighted by molar-refractivity contribution is -0.120. The van der Waals surface area contributed by atoms with Crippen molar-refractivity contribution in [3.05, 3.63) is 59.3 Å². The second kappa shape index (κ2) is 10.9. The molecule has 0 spiro atoms. The fourth-order valence-corrected chi connectivity index (χ4v) is 5.24. The van der Waals surface area contributed by atoms with Crippen LogP contribution >= 0.6 is 11.3 Å². The SMILES string of the molecule is CCC#Cc1cc(-c2ncc(-c3cccc4c3CCC4NC(=O)CNC)s2)ccc1OC(C)C. The highest BCUT2D eigenvalue weighted by molar-refractivity contribution is 7.18. The molecular formula is C28H31N3O2S. The van der Waals surface area contributed by atoms with E-state index < -0.39 is 0 Å².